The summed E-state index contributed by atoms with van der Waals surface area (Å²) >= 11 is 5.05. The quantitative estimate of drug-likeness (QED) is 0.828. The largest absolute Gasteiger partial charge is 0.388 e. The van der Waals surface area contributed by atoms with Gasteiger partial charge >= 0.3 is 0 Å². The molecule has 0 saturated carbocycles. The van der Waals surface area contributed by atoms with Crippen molar-refractivity contribution in [2.45, 2.75) is 32.7 Å². The van der Waals surface area contributed by atoms with Gasteiger partial charge in [-0.25, -0.2) is 0 Å². The molecule has 2 N–H and O–H groups in total. The summed E-state index contributed by atoms with van der Waals surface area (Å²) in [4.78, 5) is 7.17. The van der Waals surface area contributed by atoms with E-state index in [0.717, 1.165) is 23.7 Å². The first-order chi connectivity index (χ1) is 8.70. The Labute approximate surface area is 114 Å². The standard InChI is InChI=1S/C14H21N3S/c1-2-4-11-6-8-17(9-11)10-12-5-3-7-16-13(12)14(15)18/h3,5,7,11H,2,4,6,8-10H2,1H3,(H2,15,18). The van der Waals surface area contributed by atoms with Gasteiger partial charge in [-0.1, -0.05) is 31.6 Å². The van der Waals surface area contributed by atoms with Crippen LogP contribution in [-0.4, -0.2) is 28.0 Å². The summed E-state index contributed by atoms with van der Waals surface area (Å²) in [7, 11) is 0. The van der Waals surface area contributed by atoms with E-state index in [9.17, 15) is 0 Å². The Bertz CT molecular complexity index is 419. The van der Waals surface area contributed by atoms with Crippen LogP contribution >= 0.6 is 12.2 Å². The fourth-order valence-corrected chi connectivity index (χ4v) is 2.91. The molecule has 1 aliphatic heterocycles. The van der Waals surface area contributed by atoms with Gasteiger partial charge < -0.3 is 5.73 Å². The van der Waals surface area contributed by atoms with Crippen molar-refractivity contribution < 1.29 is 0 Å². The van der Waals surface area contributed by atoms with E-state index in [2.05, 4.69) is 22.9 Å². The van der Waals surface area contributed by atoms with E-state index >= 15 is 0 Å². The maximum Gasteiger partial charge on any atom is 0.123 e. The average Bonchev–Trinajstić information content (AvgIpc) is 2.77. The zero-order valence-corrected chi connectivity index (χ0v) is 11.7. The fourth-order valence-electron chi connectivity index (χ4n) is 2.73. The molecule has 1 aromatic heterocycles. The van der Waals surface area contributed by atoms with E-state index in [4.69, 9.17) is 18.0 Å². The van der Waals surface area contributed by atoms with Crippen LogP contribution in [0, 0.1) is 5.92 Å². The highest BCUT2D eigenvalue weighted by molar-refractivity contribution is 7.80. The highest BCUT2D eigenvalue weighted by Gasteiger charge is 2.22. The van der Waals surface area contributed by atoms with Crippen LogP contribution in [0.4, 0.5) is 0 Å². The molecule has 0 bridgehead atoms. The monoisotopic (exact) mass is 263 g/mol. The Balaban J connectivity index is 2.00. The molecule has 1 aromatic rings. The lowest BCUT2D eigenvalue weighted by Crippen LogP contribution is -2.23. The Morgan fingerprint density at radius 3 is 3.17 bits per heavy atom. The number of likely N-dealkylation sites (tertiary alicyclic amines) is 1. The molecule has 1 saturated heterocycles. The Morgan fingerprint density at radius 2 is 2.44 bits per heavy atom. The number of nitrogens with two attached hydrogens (primary N) is 1. The van der Waals surface area contributed by atoms with E-state index < -0.39 is 0 Å². The van der Waals surface area contributed by atoms with Gasteiger partial charge in [0.15, 0.2) is 0 Å². The summed E-state index contributed by atoms with van der Waals surface area (Å²) in [5, 5.41) is 0. The van der Waals surface area contributed by atoms with Crippen LogP contribution in [0.5, 0.6) is 0 Å². The third-order valence-corrected chi connectivity index (χ3v) is 3.78. The van der Waals surface area contributed by atoms with E-state index in [1.807, 2.05) is 6.07 Å². The Hall–Kier alpha value is -1.00. The number of thiocarbonyl (C=S) groups is 1. The first-order valence-corrected chi connectivity index (χ1v) is 7.07. The number of pyridine rings is 1. The van der Waals surface area contributed by atoms with Crippen molar-refractivity contribution in [3.63, 3.8) is 0 Å². The maximum absolute atomic E-state index is 5.71. The van der Waals surface area contributed by atoms with Gasteiger partial charge in [-0.05, 0) is 36.9 Å². The van der Waals surface area contributed by atoms with Gasteiger partial charge in [0.2, 0.25) is 0 Å². The highest BCUT2D eigenvalue weighted by Crippen LogP contribution is 2.23. The van der Waals surface area contributed by atoms with Gasteiger partial charge in [-0.3, -0.25) is 9.88 Å². The minimum Gasteiger partial charge on any atom is -0.388 e. The molecule has 1 fully saturated rings. The minimum absolute atomic E-state index is 0.398. The molecule has 1 unspecified atom stereocenters. The fraction of sp³-hybridized carbons (Fsp3) is 0.571. The number of aromatic nitrogens is 1. The van der Waals surface area contributed by atoms with Gasteiger partial charge in [-0.15, -0.1) is 0 Å². The number of rotatable bonds is 5. The predicted octanol–water partition coefficient (Wildman–Crippen LogP) is 2.34. The summed E-state index contributed by atoms with van der Waals surface area (Å²) in [5.74, 6) is 0.861. The third kappa shape index (κ3) is 3.27. The predicted molar refractivity (Wildman–Crippen MR) is 78.4 cm³/mol. The molecule has 0 amide bonds. The molecule has 0 radical (unpaired) electrons. The third-order valence-electron chi connectivity index (χ3n) is 3.59. The van der Waals surface area contributed by atoms with Gasteiger partial charge in [0.1, 0.15) is 10.7 Å². The summed E-state index contributed by atoms with van der Waals surface area (Å²) in [6.07, 6.45) is 5.69. The SMILES string of the molecule is CCCC1CCN(Cc2cccnc2C(N)=S)C1. The molecule has 0 aliphatic carbocycles. The molecule has 3 nitrogen and oxygen atoms in total. The first-order valence-electron chi connectivity index (χ1n) is 6.66. The van der Waals surface area contributed by atoms with Crippen molar-refractivity contribution in [2.24, 2.45) is 11.7 Å². The summed E-state index contributed by atoms with van der Waals surface area (Å²) in [6.45, 7) is 5.55. The van der Waals surface area contributed by atoms with Crippen LogP contribution in [0.15, 0.2) is 18.3 Å². The zero-order chi connectivity index (χ0) is 13.0. The lowest BCUT2D eigenvalue weighted by Gasteiger charge is -2.17. The van der Waals surface area contributed by atoms with Gasteiger partial charge in [0.25, 0.3) is 0 Å². The summed E-state index contributed by atoms with van der Waals surface area (Å²) in [5.41, 5.74) is 7.65. The minimum atomic E-state index is 0.398. The number of hydrogen-bond donors (Lipinski definition) is 1. The van der Waals surface area contributed by atoms with Gasteiger partial charge in [0.05, 0.1) is 0 Å². The van der Waals surface area contributed by atoms with Crippen molar-refractivity contribution in [2.75, 3.05) is 13.1 Å². The van der Waals surface area contributed by atoms with Crippen molar-refractivity contribution >= 4 is 17.2 Å². The summed E-state index contributed by atoms with van der Waals surface area (Å²) < 4.78 is 0. The van der Waals surface area contributed by atoms with Gasteiger partial charge in [0, 0.05) is 19.3 Å². The highest BCUT2D eigenvalue weighted by atomic mass is 32.1. The Morgan fingerprint density at radius 1 is 1.61 bits per heavy atom. The average molecular weight is 263 g/mol. The van der Waals surface area contributed by atoms with Crippen molar-refractivity contribution in [1.82, 2.24) is 9.88 Å². The van der Waals surface area contributed by atoms with Crippen molar-refractivity contribution in [1.29, 1.82) is 0 Å². The normalized spacial score (nSPS) is 20.2. The van der Waals surface area contributed by atoms with Crippen LogP contribution in [0.2, 0.25) is 0 Å². The molecular weight excluding hydrogens is 242 g/mol. The molecule has 2 heterocycles. The van der Waals surface area contributed by atoms with Crippen LogP contribution in [-0.2, 0) is 6.54 Å². The molecule has 2 rings (SSSR count). The molecule has 98 valence electrons. The number of hydrogen-bond acceptors (Lipinski definition) is 3. The van der Waals surface area contributed by atoms with E-state index in [-0.39, 0.29) is 0 Å². The van der Waals surface area contributed by atoms with E-state index in [1.54, 1.807) is 6.20 Å². The molecule has 4 heteroatoms. The van der Waals surface area contributed by atoms with Crippen LogP contribution in [0.1, 0.15) is 37.4 Å². The van der Waals surface area contributed by atoms with Crippen LogP contribution in [0.25, 0.3) is 0 Å². The molecule has 0 aromatic carbocycles. The molecular formula is C14H21N3S. The lowest BCUT2D eigenvalue weighted by atomic mass is 10.0. The number of nitrogens with zero attached hydrogens (tertiary/aromatic N) is 2. The molecule has 0 spiro atoms. The lowest BCUT2D eigenvalue weighted by molar-refractivity contribution is 0.312. The maximum atomic E-state index is 5.71. The molecule has 1 atom stereocenters. The van der Waals surface area contributed by atoms with Crippen molar-refractivity contribution in [3.8, 4) is 0 Å². The molecule has 18 heavy (non-hydrogen) atoms. The second-order valence-corrected chi connectivity index (χ2v) is 5.49. The van der Waals surface area contributed by atoms with Crippen LogP contribution in [0.3, 0.4) is 0 Å². The second kappa shape index (κ2) is 6.25. The summed E-state index contributed by atoms with van der Waals surface area (Å²) in [6, 6.07) is 4.03. The Kier molecular flexibility index (Phi) is 4.66. The second-order valence-electron chi connectivity index (χ2n) is 5.05. The van der Waals surface area contributed by atoms with E-state index in [1.165, 1.54) is 32.4 Å². The van der Waals surface area contributed by atoms with Crippen molar-refractivity contribution in [3.05, 3.63) is 29.6 Å². The molecule has 1 aliphatic rings. The first kappa shape index (κ1) is 13.4. The smallest absolute Gasteiger partial charge is 0.123 e. The zero-order valence-electron chi connectivity index (χ0n) is 10.9. The van der Waals surface area contributed by atoms with Gasteiger partial charge in [-0.2, -0.15) is 0 Å². The van der Waals surface area contributed by atoms with Crippen LogP contribution < -0.4 is 5.73 Å². The topological polar surface area (TPSA) is 42.2 Å². The van der Waals surface area contributed by atoms with E-state index in [0.29, 0.717) is 4.99 Å².